The number of amides is 1. The summed E-state index contributed by atoms with van der Waals surface area (Å²) in [5, 5.41) is 12.3. The quantitative estimate of drug-likeness (QED) is 0.874. The number of aryl methyl sites for hydroxylation is 1. The van der Waals surface area contributed by atoms with Crippen LogP contribution >= 0.6 is 11.3 Å². The van der Waals surface area contributed by atoms with Gasteiger partial charge in [0.25, 0.3) is 5.91 Å². The summed E-state index contributed by atoms with van der Waals surface area (Å²) in [5.41, 5.74) is 3.32. The number of nitriles is 1. The molecule has 2 aromatic rings. The lowest BCUT2D eigenvalue weighted by atomic mass is 10.0. The number of anilines is 1. The number of carbonyl (C=O) groups is 1. The van der Waals surface area contributed by atoms with Crippen molar-refractivity contribution in [2.24, 2.45) is 0 Å². The first-order valence-electron chi connectivity index (χ1n) is 6.94. The van der Waals surface area contributed by atoms with E-state index >= 15 is 0 Å². The van der Waals surface area contributed by atoms with Crippen LogP contribution in [0.1, 0.15) is 32.7 Å². The number of fused-ring (bicyclic) bond motifs is 1. The van der Waals surface area contributed by atoms with E-state index < -0.39 is 6.04 Å². The van der Waals surface area contributed by atoms with Crippen LogP contribution in [0.15, 0.2) is 23.6 Å². The van der Waals surface area contributed by atoms with Crippen molar-refractivity contribution in [2.75, 3.05) is 19.0 Å². The summed E-state index contributed by atoms with van der Waals surface area (Å²) in [6.07, 6.45) is 0. The number of nitrogens with zero attached hydrogens (tertiary/aromatic N) is 4. The van der Waals surface area contributed by atoms with Crippen LogP contribution < -0.4 is 4.90 Å². The van der Waals surface area contributed by atoms with E-state index in [1.54, 1.807) is 4.90 Å². The number of aromatic nitrogens is 1. The highest BCUT2D eigenvalue weighted by atomic mass is 32.1. The lowest BCUT2D eigenvalue weighted by Crippen LogP contribution is -2.26. The molecule has 0 N–H and O–H groups in total. The SMILES string of the molecule is Cc1csc(CN2C(=O)c3ccc(N(C)C)cc3C2C#N)n1. The van der Waals surface area contributed by atoms with Gasteiger partial charge in [0.05, 0.1) is 12.6 Å². The van der Waals surface area contributed by atoms with Crippen LogP contribution in [0.4, 0.5) is 5.69 Å². The van der Waals surface area contributed by atoms with E-state index in [1.165, 1.54) is 11.3 Å². The molecule has 1 aliphatic heterocycles. The number of thiazole rings is 1. The van der Waals surface area contributed by atoms with Gasteiger partial charge in [-0.1, -0.05) is 0 Å². The molecule has 0 radical (unpaired) electrons. The highest BCUT2D eigenvalue weighted by Gasteiger charge is 2.37. The largest absolute Gasteiger partial charge is 0.378 e. The van der Waals surface area contributed by atoms with Crippen LogP contribution in [0, 0.1) is 18.3 Å². The molecule has 0 saturated carbocycles. The van der Waals surface area contributed by atoms with E-state index in [0.717, 1.165) is 22.0 Å². The lowest BCUT2D eigenvalue weighted by Gasteiger charge is -2.19. The van der Waals surface area contributed by atoms with Gasteiger partial charge in [0.1, 0.15) is 11.0 Å². The highest BCUT2D eigenvalue weighted by molar-refractivity contribution is 7.09. The summed E-state index contributed by atoms with van der Waals surface area (Å²) in [4.78, 5) is 20.6. The Hall–Kier alpha value is -2.39. The first-order chi connectivity index (χ1) is 10.5. The summed E-state index contributed by atoms with van der Waals surface area (Å²) in [5.74, 6) is -0.0975. The Labute approximate surface area is 133 Å². The molecule has 112 valence electrons. The summed E-state index contributed by atoms with van der Waals surface area (Å²) < 4.78 is 0. The van der Waals surface area contributed by atoms with Crippen molar-refractivity contribution in [2.45, 2.75) is 19.5 Å². The molecule has 0 fully saturated rings. The second-order valence-corrected chi connectivity index (χ2v) is 6.46. The Morgan fingerprint density at radius 1 is 1.45 bits per heavy atom. The number of carbonyl (C=O) groups excluding carboxylic acids is 1. The van der Waals surface area contributed by atoms with Gasteiger partial charge in [0, 0.05) is 42.0 Å². The number of hydrogen-bond acceptors (Lipinski definition) is 5. The Morgan fingerprint density at radius 3 is 2.82 bits per heavy atom. The molecule has 3 rings (SSSR count). The molecular weight excluding hydrogens is 296 g/mol. The minimum atomic E-state index is -0.549. The molecule has 1 aliphatic rings. The fourth-order valence-corrected chi connectivity index (χ4v) is 3.38. The molecular formula is C16H16N4OS. The molecule has 1 aromatic carbocycles. The third-order valence-electron chi connectivity index (χ3n) is 3.74. The molecule has 0 bridgehead atoms. The van der Waals surface area contributed by atoms with Crippen molar-refractivity contribution in [3.8, 4) is 6.07 Å². The Balaban J connectivity index is 1.97. The van der Waals surface area contributed by atoms with Gasteiger partial charge in [-0.15, -0.1) is 11.3 Å². The van der Waals surface area contributed by atoms with Crippen molar-refractivity contribution in [3.63, 3.8) is 0 Å². The van der Waals surface area contributed by atoms with E-state index in [0.29, 0.717) is 12.1 Å². The number of rotatable bonds is 3. The molecule has 1 unspecified atom stereocenters. The molecule has 5 nitrogen and oxygen atoms in total. The Morgan fingerprint density at radius 2 is 2.23 bits per heavy atom. The van der Waals surface area contributed by atoms with Gasteiger partial charge in [0.15, 0.2) is 0 Å². The molecule has 6 heteroatoms. The van der Waals surface area contributed by atoms with Crippen LogP contribution in [-0.2, 0) is 6.54 Å². The van der Waals surface area contributed by atoms with E-state index in [2.05, 4.69) is 11.1 Å². The van der Waals surface area contributed by atoms with Crippen molar-refractivity contribution < 1.29 is 4.79 Å². The molecule has 0 saturated heterocycles. The average Bonchev–Trinajstić information content (AvgIpc) is 3.01. The van der Waals surface area contributed by atoms with Gasteiger partial charge in [0.2, 0.25) is 0 Å². The molecule has 1 atom stereocenters. The maximum atomic E-state index is 12.6. The minimum Gasteiger partial charge on any atom is -0.378 e. The van der Waals surface area contributed by atoms with E-state index in [1.807, 2.05) is 49.5 Å². The first kappa shape index (κ1) is 14.5. The van der Waals surface area contributed by atoms with Gasteiger partial charge in [-0.2, -0.15) is 5.26 Å². The third kappa shape index (κ3) is 2.34. The van der Waals surface area contributed by atoms with Gasteiger partial charge in [-0.05, 0) is 25.1 Å². The molecule has 0 aliphatic carbocycles. The Kier molecular flexibility index (Phi) is 3.59. The molecule has 1 amide bonds. The normalized spacial score (nSPS) is 16.5. The zero-order valence-electron chi connectivity index (χ0n) is 12.7. The number of hydrogen-bond donors (Lipinski definition) is 0. The maximum Gasteiger partial charge on any atom is 0.255 e. The molecule has 2 heterocycles. The molecule has 22 heavy (non-hydrogen) atoms. The fraction of sp³-hybridized carbons (Fsp3) is 0.312. The average molecular weight is 312 g/mol. The van der Waals surface area contributed by atoms with Crippen molar-refractivity contribution in [1.29, 1.82) is 5.26 Å². The van der Waals surface area contributed by atoms with Crippen LogP contribution in [0.25, 0.3) is 0 Å². The van der Waals surface area contributed by atoms with E-state index in [4.69, 9.17) is 0 Å². The molecule has 1 aromatic heterocycles. The zero-order valence-corrected chi connectivity index (χ0v) is 13.5. The monoisotopic (exact) mass is 312 g/mol. The van der Waals surface area contributed by atoms with Crippen LogP contribution in [0.2, 0.25) is 0 Å². The second kappa shape index (κ2) is 5.43. The summed E-state index contributed by atoms with van der Waals surface area (Å²) in [6, 6.07) is 7.35. The number of benzene rings is 1. The standard InChI is InChI=1S/C16H16N4OS/c1-10-9-22-15(18-10)8-20-14(7-17)13-6-11(19(2)3)4-5-12(13)16(20)21/h4-6,9,14H,8H2,1-3H3. The minimum absolute atomic E-state index is 0.0975. The van der Waals surface area contributed by atoms with Crippen molar-refractivity contribution in [3.05, 3.63) is 45.4 Å². The topological polar surface area (TPSA) is 60.2 Å². The van der Waals surface area contributed by atoms with Gasteiger partial charge < -0.3 is 9.80 Å². The lowest BCUT2D eigenvalue weighted by molar-refractivity contribution is 0.0744. The predicted octanol–water partition coefficient (Wildman–Crippen LogP) is 2.74. The maximum absolute atomic E-state index is 12.6. The third-order valence-corrected chi connectivity index (χ3v) is 4.69. The summed E-state index contributed by atoms with van der Waals surface area (Å²) >= 11 is 1.52. The van der Waals surface area contributed by atoms with Gasteiger partial charge >= 0.3 is 0 Å². The highest BCUT2D eigenvalue weighted by Crippen LogP contribution is 2.36. The van der Waals surface area contributed by atoms with Crippen LogP contribution in [0.3, 0.4) is 0 Å². The van der Waals surface area contributed by atoms with Gasteiger partial charge in [-0.25, -0.2) is 4.98 Å². The fourth-order valence-electron chi connectivity index (χ4n) is 2.61. The van der Waals surface area contributed by atoms with Crippen molar-refractivity contribution >= 4 is 22.9 Å². The Bertz CT molecular complexity index is 775. The first-order valence-corrected chi connectivity index (χ1v) is 7.82. The van der Waals surface area contributed by atoms with Crippen LogP contribution in [0.5, 0.6) is 0 Å². The smallest absolute Gasteiger partial charge is 0.255 e. The summed E-state index contributed by atoms with van der Waals surface area (Å²) in [6.45, 7) is 2.30. The molecule has 0 spiro atoms. The van der Waals surface area contributed by atoms with E-state index in [-0.39, 0.29) is 5.91 Å². The van der Waals surface area contributed by atoms with E-state index in [9.17, 15) is 10.1 Å². The van der Waals surface area contributed by atoms with Gasteiger partial charge in [-0.3, -0.25) is 4.79 Å². The predicted molar refractivity (Wildman–Crippen MR) is 85.8 cm³/mol. The zero-order chi connectivity index (χ0) is 15.9. The summed E-state index contributed by atoms with van der Waals surface area (Å²) in [7, 11) is 3.88. The van der Waals surface area contributed by atoms with Crippen LogP contribution in [-0.4, -0.2) is 29.9 Å². The van der Waals surface area contributed by atoms with Crippen molar-refractivity contribution in [1.82, 2.24) is 9.88 Å². The second-order valence-electron chi connectivity index (χ2n) is 5.51.